The van der Waals surface area contributed by atoms with E-state index in [1.807, 2.05) is 18.2 Å². The Balaban J connectivity index is 2.48. The van der Waals surface area contributed by atoms with E-state index in [2.05, 4.69) is 22.6 Å². The van der Waals surface area contributed by atoms with Gasteiger partial charge in [-0.05, 0) is 52.9 Å². The second-order valence-electron chi connectivity index (χ2n) is 3.93. The molecule has 0 spiro atoms. The highest BCUT2D eigenvalue weighted by Crippen LogP contribution is 2.23. The van der Waals surface area contributed by atoms with Crippen LogP contribution in [-0.4, -0.2) is 7.11 Å². The Morgan fingerprint density at radius 1 is 1.06 bits per heavy atom. The SMILES string of the molecule is COc1ccc2c(=O)c3cc(I)ccc3oc2c1. The lowest BCUT2D eigenvalue weighted by atomic mass is 10.1. The lowest BCUT2D eigenvalue weighted by molar-refractivity contribution is 0.414. The number of rotatable bonds is 1. The molecular formula is C14H9IO3. The molecule has 18 heavy (non-hydrogen) atoms. The molecule has 0 N–H and O–H groups in total. The fraction of sp³-hybridized carbons (Fsp3) is 0.0714. The summed E-state index contributed by atoms with van der Waals surface area (Å²) in [5, 5.41) is 1.19. The van der Waals surface area contributed by atoms with Gasteiger partial charge in [-0.1, -0.05) is 0 Å². The van der Waals surface area contributed by atoms with Crippen LogP contribution in [0.1, 0.15) is 0 Å². The quantitative estimate of drug-likeness (QED) is 0.497. The average molecular weight is 352 g/mol. The Kier molecular flexibility index (Phi) is 2.74. The predicted octanol–water partition coefficient (Wildman–Crippen LogP) is 3.56. The molecule has 4 heteroatoms. The van der Waals surface area contributed by atoms with Gasteiger partial charge in [-0.15, -0.1) is 0 Å². The molecule has 3 nitrogen and oxygen atoms in total. The van der Waals surface area contributed by atoms with Crippen molar-refractivity contribution < 1.29 is 9.15 Å². The van der Waals surface area contributed by atoms with Crippen molar-refractivity contribution in [3.8, 4) is 5.75 Å². The normalized spacial score (nSPS) is 11.0. The summed E-state index contributed by atoms with van der Waals surface area (Å²) in [5.74, 6) is 0.676. The van der Waals surface area contributed by atoms with E-state index in [4.69, 9.17) is 9.15 Å². The highest BCUT2D eigenvalue weighted by molar-refractivity contribution is 14.1. The summed E-state index contributed by atoms with van der Waals surface area (Å²) in [4.78, 5) is 12.3. The summed E-state index contributed by atoms with van der Waals surface area (Å²) >= 11 is 2.18. The van der Waals surface area contributed by atoms with E-state index < -0.39 is 0 Å². The standard InChI is InChI=1S/C14H9IO3/c1-17-9-3-4-10-13(7-9)18-12-5-2-8(15)6-11(12)14(10)16/h2-7H,1H3. The number of halogens is 1. The van der Waals surface area contributed by atoms with Crippen molar-refractivity contribution in [2.45, 2.75) is 0 Å². The van der Waals surface area contributed by atoms with Crippen molar-refractivity contribution >= 4 is 44.5 Å². The second kappa shape index (κ2) is 4.28. The van der Waals surface area contributed by atoms with Crippen molar-refractivity contribution in [1.82, 2.24) is 0 Å². The number of benzene rings is 2. The molecule has 0 bridgehead atoms. The molecule has 0 aliphatic rings. The molecule has 0 radical (unpaired) electrons. The van der Waals surface area contributed by atoms with Crippen LogP contribution < -0.4 is 10.2 Å². The zero-order valence-corrected chi connectivity index (χ0v) is 11.7. The number of hydrogen-bond acceptors (Lipinski definition) is 3. The summed E-state index contributed by atoms with van der Waals surface area (Å²) in [6.07, 6.45) is 0. The number of hydrogen-bond donors (Lipinski definition) is 0. The molecule has 90 valence electrons. The second-order valence-corrected chi connectivity index (χ2v) is 5.18. The Hall–Kier alpha value is -1.56. The van der Waals surface area contributed by atoms with Gasteiger partial charge in [0.2, 0.25) is 5.43 Å². The Labute approximate surface area is 117 Å². The fourth-order valence-corrected chi connectivity index (χ4v) is 2.43. The minimum atomic E-state index is -0.00702. The first-order valence-electron chi connectivity index (χ1n) is 5.39. The van der Waals surface area contributed by atoms with E-state index in [-0.39, 0.29) is 5.43 Å². The molecule has 3 rings (SSSR count). The Morgan fingerprint density at radius 3 is 2.67 bits per heavy atom. The van der Waals surface area contributed by atoms with Gasteiger partial charge in [0.25, 0.3) is 0 Å². The Bertz CT molecular complexity index is 805. The molecule has 0 fully saturated rings. The predicted molar refractivity (Wildman–Crippen MR) is 79.3 cm³/mol. The molecule has 1 heterocycles. The van der Waals surface area contributed by atoms with E-state index in [9.17, 15) is 4.79 Å². The van der Waals surface area contributed by atoms with Crippen molar-refractivity contribution in [3.05, 3.63) is 50.2 Å². The molecule has 2 aromatic carbocycles. The smallest absolute Gasteiger partial charge is 0.200 e. The van der Waals surface area contributed by atoms with Gasteiger partial charge in [0, 0.05) is 9.64 Å². The van der Waals surface area contributed by atoms with Crippen LogP contribution >= 0.6 is 22.6 Å². The van der Waals surface area contributed by atoms with E-state index in [1.165, 1.54) is 0 Å². The molecule has 0 aliphatic heterocycles. The van der Waals surface area contributed by atoms with Crippen LogP contribution in [0, 0.1) is 3.57 Å². The minimum Gasteiger partial charge on any atom is -0.497 e. The van der Waals surface area contributed by atoms with Crippen LogP contribution in [0.15, 0.2) is 45.6 Å². The van der Waals surface area contributed by atoms with Crippen LogP contribution in [0.4, 0.5) is 0 Å². The number of ether oxygens (including phenoxy) is 1. The first-order chi connectivity index (χ1) is 8.69. The first-order valence-corrected chi connectivity index (χ1v) is 6.47. The molecule has 0 amide bonds. The monoisotopic (exact) mass is 352 g/mol. The molecule has 0 atom stereocenters. The van der Waals surface area contributed by atoms with E-state index in [1.54, 1.807) is 25.3 Å². The molecule has 3 aromatic rings. The molecule has 0 saturated heterocycles. The zero-order valence-electron chi connectivity index (χ0n) is 9.57. The zero-order chi connectivity index (χ0) is 12.7. The first kappa shape index (κ1) is 11.5. The average Bonchev–Trinajstić information content (AvgIpc) is 2.39. The summed E-state index contributed by atoms with van der Waals surface area (Å²) < 4.78 is 11.9. The summed E-state index contributed by atoms with van der Waals surface area (Å²) in [6.45, 7) is 0. The Morgan fingerprint density at radius 2 is 1.89 bits per heavy atom. The van der Waals surface area contributed by atoms with E-state index in [0.717, 1.165) is 3.57 Å². The molecule has 0 unspecified atom stereocenters. The minimum absolute atomic E-state index is 0.00702. The van der Waals surface area contributed by atoms with Crippen LogP contribution in [0.5, 0.6) is 5.75 Å². The third-order valence-electron chi connectivity index (χ3n) is 2.84. The van der Waals surface area contributed by atoms with Gasteiger partial charge in [-0.2, -0.15) is 0 Å². The van der Waals surface area contributed by atoms with Gasteiger partial charge in [-0.25, -0.2) is 0 Å². The third kappa shape index (κ3) is 1.77. The van der Waals surface area contributed by atoms with Crippen molar-refractivity contribution in [1.29, 1.82) is 0 Å². The van der Waals surface area contributed by atoms with Gasteiger partial charge in [0.05, 0.1) is 17.9 Å². The lowest BCUT2D eigenvalue weighted by Crippen LogP contribution is -2.02. The van der Waals surface area contributed by atoms with Gasteiger partial charge < -0.3 is 9.15 Å². The topological polar surface area (TPSA) is 39.4 Å². The fourth-order valence-electron chi connectivity index (χ4n) is 1.93. The molecule has 0 aliphatic carbocycles. The van der Waals surface area contributed by atoms with Crippen LogP contribution in [0.3, 0.4) is 0 Å². The maximum Gasteiger partial charge on any atom is 0.200 e. The van der Waals surface area contributed by atoms with Gasteiger partial charge in [0.15, 0.2) is 0 Å². The number of fused-ring (bicyclic) bond motifs is 2. The third-order valence-corrected chi connectivity index (χ3v) is 3.51. The van der Waals surface area contributed by atoms with Gasteiger partial charge >= 0.3 is 0 Å². The van der Waals surface area contributed by atoms with Crippen molar-refractivity contribution in [2.75, 3.05) is 7.11 Å². The lowest BCUT2D eigenvalue weighted by Gasteiger charge is -2.04. The maximum atomic E-state index is 12.3. The van der Waals surface area contributed by atoms with Crippen molar-refractivity contribution in [3.63, 3.8) is 0 Å². The van der Waals surface area contributed by atoms with E-state index in [0.29, 0.717) is 27.7 Å². The molecule has 1 aromatic heterocycles. The maximum absolute atomic E-state index is 12.3. The highest BCUT2D eigenvalue weighted by Gasteiger charge is 2.08. The summed E-state index contributed by atoms with van der Waals surface area (Å²) in [6, 6.07) is 10.8. The van der Waals surface area contributed by atoms with E-state index >= 15 is 0 Å². The van der Waals surface area contributed by atoms with Crippen LogP contribution in [0.25, 0.3) is 21.9 Å². The van der Waals surface area contributed by atoms with Gasteiger partial charge in [-0.3, -0.25) is 4.79 Å². The van der Waals surface area contributed by atoms with Crippen molar-refractivity contribution in [2.24, 2.45) is 0 Å². The van der Waals surface area contributed by atoms with Crippen LogP contribution in [-0.2, 0) is 0 Å². The van der Waals surface area contributed by atoms with Gasteiger partial charge in [0.1, 0.15) is 16.9 Å². The number of methoxy groups -OCH3 is 1. The summed E-state index contributed by atoms with van der Waals surface area (Å²) in [5.41, 5.74) is 1.14. The molecule has 0 saturated carbocycles. The highest BCUT2D eigenvalue weighted by atomic mass is 127. The van der Waals surface area contributed by atoms with Crippen LogP contribution in [0.2, 0.25) is 0 Å². The molecular weight excluding hydrogens is 343 g/mol. The summed E-state index contributed by atoms with van der Waals surface area (Å²) in [7, 11) is 1.59. The largest absolute Gasteiger partial charge is 0.497 e.